The van der Waals surface area contributed by atoms with Crippen LogP contribution in [0.4, 0.5) is 37.0 Å². The molecule has 0 radical (unpaired) electrons. The molecule has 2 saturated heterocycles. The number of hydrogen-bond acceptors (Lipinski definition) is 6. The van der Waals surface area contributed by atoms with Crippen LogP contribution >= 0.6 is 0 Å². The second kappa shape index (κ2) is 12.9. The highest BCUT2D eigenvalue weighted by Gasteiger charge is 2.43. The van der Waals surface area contributed by atoms with Crippen molar-refractivity contribution in [3.8, 4) is 28.0 Å². The highest BCUT2D eigenvalue weighted by molar-refractivity contribution is 5.89. The first-order valence-electron chi connectivity index (χ1n) is 15.6. The van der Waals surface area contributed by atoms with E-state index in [-0.39, 0.29) is 18.2 Å². The van der Waals surface area contributed by atoms with E-state index in [4.69, 9.17) is 14.5 Å². The number of aromatic carboxylic acids is 1. The summed E-state index contributed by atoms with van der Waals surface area (Å²) in [5.74, 6) is 0.0420. The number of alkyl halides is 6. The molecular weight excluding hydrogens is 668 g/mol. The minimum absolute atomic E-state index is 0.0314. The van der Waals surface area contributed by atoms with E-state index in [1.807, 2.05) is 29.2 Å². The van der Waals surface area contributed by atoms with Crippen LogP contribution in [-0.2, 0) is 23.6 Å². The van der Waals surface area contributed by atoms with Crippen molar-refractivity contribution in [3.63, 3.8) is 0 Å². The lowest BCUT2D eigenvalue weighted by atomic mass is 9.93. The van der Waals surface area contributed by atoms with Crippen molar-refractivity contribution >= 4 is 17.9 Å². The molecule has 0 aliphatic carbocycles. The number of amides is 1. The number of benzene rings is 3. The van der Waals surface area contributed by atoms with Gasteiger partial charge in [-0.15, -0.1) is 0 Å². The van der Waals surface area contributed by atoms with E-state index in [2.05, 4.69) is 0 Å². The maximum absolute atomic E-state index is 13.6. The molecule has 14 heteroatoms. The normalized spacial score (nSPS) is 17.8. The molecule has 3 aromatic carbocycles. The van der Waals surface area contributed by atoms with Gasteiger partial charge in [-0.3, -0.25) is 4.90 Å². The first-order chi connectivity index (χ1) is 23.5. The predicted octanol–water partition coefficient (Wildman–Crippen LogP) is 8.76. The van der Waals surface area contributed by atoms with E-state index in [1.165, 1.54) is 25.0 Å². The molecule has 1 N–H and O–H groups in total. The molecule has 0 saturated carbocycles. The van der Waals surface area contributed by atoms with E-state index < -0.39 is 53.3 Å². The van der Waals surface area contributed by atoms with Gasteiger partial charge in [0.2, 0.25) is 0 Å². The average Bonchev–Trinajstić information content (AvgIpc) is 3.31. The summed E-state index contributed by atoms with van der Waals surface area (Å²) in [6.45, 7) is 4.62. The smallest absolute Gasteiger partial charge is 0.416 e. The Morgan fingerprint density at radius 2 is 1.58 bits per heavy atom. The fourth-order valence-electron chi connectivity index (χ4n) is 6.25. The van der Waals surface area contributed by atoms with Crippen molar-refractivity contribution in [2.45, 2.75) is 51.3 Å². The molecule has 2 atom stereocenters. The second-order valence-corrected chi connectivity index (χ2v) is 12.3. The van der Waals surface area contributed by atoms with Gasteiger partial charge in [0.1, 0.15) is 17.7 Å². The Bertz CT molecular complexity index is 1940. The van der Waals surface area contributed by atoms with Crippen molar-refractivity contribution in [3.05, 3.63) is 100 Å². The summed E-state index contributed by atoms with van der Waals surface area (Å²) in [6.07, 6.45) is -11.5. The molecule has 0 bridgehead atoms. The summed E-state index contributed by atoms with van der Waals surface area (Å²) < 4.78 is 93.0. The molecular formula is C36H31F6N3O5. The van der Waals surface area contributed by atoms with E-state index in [1.54, 1.807) is 25.1 Å². The lowest BCUT2D eigenvalue weighted by molar-refractivity contribution is -0.143. The number of rotatable bonds is 8. The Hall–Kier alpha value is -5.27. The average molecular weight is 700 g/mol. The van der Waals surface area contributed by atoms with Gasteiger partial charge in [0.05, 0.1) is 42.1 Å². The van der Waals surface area contributed by atoms with E-state index in [9.17, 15) is 41.0 Å². The van der Waals surface area contributed by atoms with Gasteiger partial charge in [0.25, 0.3) is 0 Å². The molecule has 0 spiro atoms. The summed E-state index contributed by atoms with van der Waals surface area (Å²) >= 11 is 0. The Morgan fingerprint density at radius 3 is 2.14 bits per heavy atom. The third-order valence-electron chi connectivity index (χ3n) is 9.06. The van der Waals surface area contributed by atoms with Gasteiger partial charge in [-0.25, -0.2) is 14.6 Å². The minimum atomic E-state index is -5.07. The van der Waals surface area contributed by atoms with Gasteiger partial charge in [-0.1, -0.05) is 12.1 Å². The number of carbonyl (C=O) groups excluding carboxylic acids is 1. The Kier molecular flexibility index (Phi) is 8.91. The molecule has 2 aliphatic rings. The molecule has 3 heterocycles. The Balaban J connectivity index is 1.40. The molecule has 4 aromatic rings. The number of methoxy groups -OCH3 is 1. The van der Waals surface area contributed by atoms with Gasteiger partial charge in [-0.2, -0.15) is 26.3 Å². The van der Waals surface area contributed by atoms with Crippen LogP contribution in [0.5, 0.6) is 5.75 Å². The van der Waals surface area contributed by atoms with Crippen LogP contribution in [0.3, 0.4) is 0 Å². The number of anilines is 1. The third kappa shape index (κ3) is 6.66. The van der Waals surface area contributed by atoms with Crippen LogP contribution in [0.15, 0.2) is 66.7 Å². The Labute approximate surface area is 282 Å². The molecule has 262 valence electrons. The number of cyclic esters (lactones) is 1. The van der Waals surface area contributed by atoms with Crippen molar-refractivity contribution in [1.82, 2.24) is 9.88 Å². The summed E-state index contributed by atoms with van der Waals surface area (Å²) in [7, 11) is 1.49. The van der Waals surface area contributed by atoms with Gasteiger partial charge in [0.15, 0.2) is 0 Å². The SMILES string of the molecule is COc1ccc(-c2ccc(C(=O)O)cc2C)cc1-c1ccc(N2CCC2)nc1CN1C(=O)O[C@H](c2cc(C(F)(F)F)cc(C(F)(F)F)c2)[C@@H]1C. The molecule has 1 aromatic heterocycles. The van der Waals surface area contributed by atoms with Crippen molar-refractivity contribution in [2.24, 2.45) is 0 Å². The van der Waals surface area contributed by atoms with E-state index in [0.29, 0.717) is 40.5 Å². The number of carboxylic acid groups (broad SMARTS) is 1. The quantitative estimate of drug-likeness (QED) is 0.184. The number of hydrogen-bond donors (Lipinski definition) is 1. The fraction of sp³-hybridized carbons (Fsp3) is 0.306. The second-order valence-electron chi connectivity index (χ2n) is 12.3. The predicted molar refractivity (Wildman–Crippen MR) is 171 cm³/mol. The largest absolute Gasteiger partial charge is 0.496 e. The molecule has 50 heavy (non-hydrogen) atoms. The maximum Gasteiger partial charge on any atom is 0.416 e. The first-order valence-corrected chi connectivity index (χ1v) is 15.6. The van der Waals surface area contributed by atoms with Crippen molar-refractivity contribution in [2.75, 3.05) is 25.1 Å². The van der Waals surface area contributed by atoms with Crippen molar-refractivity contribution < 1.29 is 50.5 Å². The number of pyridine rings is 1. The molecule has 2 aliphatic heterocycles. The summed E-state index contributed by atoms with van der Waals surface area (Å²) in [6, 6.07) is 14.0. The first kappa shape index (κ1) is 34.6. The number of carboxylic acids is 1. The van der Waals surface area contributed by atoms with Crippen LogP contribution < -0.4 is 9.64 Å². The van der Waals surface area contributed by atoms with Gasteiger partial charge < -0.3 is 19.5 Å². The summed E-state index contributed by atoms with van der Waals surface area (Å²) in [5.41, 5.74) is 0.474. The molecule has 6 rings (SSSR count). The van der Waals surface area contributed by atoms with Crippen LogP contribution in [-0.4, -0.2) is 53.3 Å². The summed E-state index contributed by atoms with van der Waals surface area (Å²) in [5, 5.41) is 9.42. The van der Waals surface area contributed by atoms with Gasteiger partial charge >= 0.3 is 24.4 Å². The van der Waals surface area contributed by atoms with Gasteiger partial charge in [-0.05, 0) is 97.1 Å². The van der Waals surface area contributed by atoms with Crippen molar-refractivity contribution in [1.29, 1.82) is 0 Å². The number of carbonyl (C=O) groups is 2. The number of aryl methyl sites for hydroxylation is 1. The highest BCUT2D eigenvalue weighted by Crippen LogP contribution is 2.43. The van der Waals surface area contributed by atoms with E-state index >= 15 is 0 Å². The zero-order valence-corrected chi connectivity index (χ0v) is 27.0. The molecule has 2 fully saturated rings. The van der Waals surface area contributed by atoms with Crippen LogP contribution in [0, 0.1) is 6.92 Å². The topological polar surface area (TPSA) is 92.2 Å². The highest BCUT2D eigenvalue weighted by atomic mass is 19.4. The van der Waals surface area contributed by atoms with Crippen LogP contribution in [0.1, 0.15) is 57.8 Å². The zero-order valence-electron chi connectivity index (χ0n) is 27.0. The molecule has 1 amide bonds. The van der Waals surface area contributed by atoms with Crippen LogP contribution in [0.2, 0.25) is 0 Å². The lowest BCUT2D eigenvalue weighted by Crippen LogP contribution is -2.38. The van der Waals surface area contributed by atoms with E-state index in [0.717, 1.165) is 36.2 Å². The number of aromatic nitrogens is 1. The monoisotopic (exact) mass is 699 g/mol. The standard InChI is InChI=1S/C36H31F6N3O5/c1-19-13-22(33(46)47)5-7-26(19)21-6-9-30(49-3)28(16-21)27-8-10-31(44-11-4-12-44)43-29(27)18-45-20(2)32(50-34(45)48)23-14-24(35(37,38)39)17-25(15-23)36(40,41)42/h5-10,13-17,20,32H,4,11-12,18H2,1-3H3,(H,46,47)/t20-,32-/m0/s1. The number of ether oxygens (including phenoxy) is 2. The molecule has 0 unspecified atom stereocenters. The lowest BCUT2D eigenvalue weighted by Gasteiger charge is -2.33. The minimum Gasteiger partial charge on any atom is -0.496 e. The summed E-state index contributed by atoms with van der Waals surface area (Å²) in [4.78, 5) is 32.9. The zero-order chi connectivity index (χ0) is 36.1. The number of halogens is 6. The van der Waals surface area contributed by atoms with Gasteiger partial charge in [0, 0.05) is 24.2 Å². The Morgan fingerprint density at radius 1 is 0.920 bits per heavy atom. The van der Waals surface area contributed by atoms with Crippen LogP contribution in [0.25, 0.3) is 22.3 Å². The fourth-order valence-corrected chi connectivity index (χ4v) is 6.25. The maximum atomic E-state index is 13.6. The molecule has 8 nitrogen and oxygen atoms in total. The number of nitrogens with zero attached hydrogens (tertiary/aromatic N) is 3. The third-order valence-corrected chi connectivity index (χ3v) is 9.06.